The summed E-state index contributed by atoms with van der Waals surface area (Å²) in [4.78, 5) is 13.4. The fraction of sp³-hybridized carbons (Fsp3) is 0.714. The Kier molecular flexibility index (Phi) is 2.47. The monoisotopic (exact) mass is 124 g/mol. The molecule has 9 heavy (non-hydrogen) atoms. The molecule has 1 fully saturated rings. The Labute approximate surface area is 55.0 Å². The van der Waals surface area contributed by atoms with Crippen LogP contribution in [-0.4, -0.2) is 12.1 Å². The van der Waals surface area contributed by atoms with Crippen LogP contribution in [0.25, 0.3) is 0 Å². The minimum absolute atomic E-state index is 0.177. The van der Waals surface area contributed by atoms with Crippen molar-refractivity contribution in [2.24, 2.45) is 4.99 Å². The van der Waals surface area contributed by atoms with Gasteiger partial charge < -0.3 is 0 Å². The smallest absolute Gasteiger partial charge is 0.211 e. The van der Waals surface area contributed by atoms with Gasteiger partial charge in [0.25, 0.3) is 0 Å². The molecule has 2 heteroatoms. The Bertz CT molecular complexity index is 121. The molecule has 2 nitrogen and oxygen atoms in total. The third kappa shape index (κ3) is 1.98. The fourth-order valence-electron chi connectivity index (χ4n) is 1.11. The molecule has 49 valence electrons. The first-order valence-corrected chi connectivity index (χ1v) is 3.34. The van der Waals surface area contributed by atoms with Crippen molar-refractivity contribution in [3.05, 3.63) is 6.42 Å². The lowest BCUT2D eigenvalue weighted by Crippen LogP contribution is -2.09. The van der Waals surface area contributed by atoms with Crippen LogP contribution >= 0.6 is 0 Å². The van der Waals surface area contributed by atoms with Crippen LogP contribution in [0.4, 0.5) is 0 Å². The first-order valence-electron chi connectivity index (χ1n) is 3.34. The van der Waals surface area contributed by atoms with E-state index >= 15 is 0 Å². The van der Waals surface area contributed by atoms with Gasteiger partial charge in [-0.3, -0.25) is 0 Å². The topological polar surface area (TPSA) is 29.4 Å². The number of hydrogen-bond donors (Lipinski definition) is 0. The van der Waals surface area contributed by atoms with Gasteiger partial charge in [-0.05, 0) is 19.3 Å². The summed E-state index contributed by atoms with van der Waals surface area (Å²) in [6.45, 7) is 0. The largest absolute Gasteiger partial charge is 0.235 e. The minimum atomic E-state index is 0.177. The van der Waals surface area contributed by atoms with Gasteiger partial charge in [-0.25, -0.2) is 9.79 Å². The van der Waals surface area contributed by atoms with Crippen LogP contribution in [0.1, 0.15) is 25.7 Å². The van der Waals surface area contributed by atoms with E-state index in [1.807, 2.05) is 0 Å². The fourth-order valence-corrected chi connectivity index (χ4v) is 1.11. The van der Waals surface area contributed by atoms with Gasteiger partial charge >= 0.3 is 0 Å². The predicted molar refractivity (Wildman–Crippen MR) is 34.7 cm³/mol. The zero-order valence-corrected chi connectivity index (χ0v) is 5.34. The van der Waals surface area contributed by atoms with Crippen molar-refractivity contribution < 1.29 is 4.79 Å². The number of nitrogens with zero attached hydrogens (tertiary/aromatic N) is 1. The average molecular weight is 124 g/mol. The van der Waals surface area contributed by atoms with Gasteiger partial charge in [0.1, 0.15) is 0 Å². The Hall–Kier alpha value is -0.620. The summed E-state index contributed by atoms with van der Waals surface area (Å²) >= 11 is 0. The number of carbonyl (C=O) groups excluding carboxylic acids is 1. The molecule has 0 aromatic carbocycles. The van der Waals surface area contributed by atoms with Crippen molar-refractivity contribution in [3.8, 4) is 0 Å². The average Bonchev–Trinajstić information content (AvgIpc) is 1.91. The van der Waals surface area contributed by atoms with Crippen LogP contribution in [0.5, 0.6) is 0 Å². The van der Waals surface area contributed by atoms with Crippen molar-refractivity contribution in [3.63, 3.8) is 0 Å². The summed E-state index contributed by atoms with van der Waals surface area (Å²) in [7, 11) is 0. The standard InChI is InChI=1S/C7H10NO/c9-6-8-7-4-2-1-3-5-7/h4,7H,1-3,5H2/t7-/m0/s1. The van der Waals surface area contributed by atoms with Crippen LogP contribution in [-0.2, 0) is 4.79 Å². The van der Waals surface area contributed by atoms with Crippen LogP contribution in [0, 0.1) is 6.42 Å². The number of rotatable bonds is 1. The van der Waals surface area contributed by atoms with E-state index in [1.165, 1.54) is 12.8 Å². The van der Waals surface area contributed by atoms with Gasteiger partial charge in [-0.2, -0.15) is 0 Å². The van der Waals surface area contributed by atoms with Crippen LogP contribution < -0.4 is 0 Å². The molecule has 1 radical (unpaired) electrons. The summed E-state index contributed by atoms with van der Waals surface area (Å²) in [6, 6.07) is 0.177. The lowest BCUT2D eigenvalue weighted by atomic mass is 9.96. The van der Waals surface area contributed by atoms with E-state index in [-0.39, 0.29) is 6.04 Å². The zero-order chi connectivity index (χ0) is 6.53. The maximum Gasteiger partial charge on any atom is 0.235 e. The second-order valence-corrected chi connectivity index (χ2v) is 2.31. The Morgan fingerprint density at radius 3 is 3.00 bits per heavy atom. The number of hydrogen-bond acceptors (Lipinski definition) is 2. The zero-order valence-electron chi connectivity index (χ0n) is 5.34. The van der Waals surface area contributed by atoms with E-state index in [1.54, 1.807) is 6.08 Å². The Balaban J connectivity index is 2.31. The van der Waals surface area contributed by atoms with Gasteiger partial charge in [0.05, 0.1) is 6.04 Å². The molecular formula is C7H10NO. The minimum Gasteiger partial charge on any atom is -0.211 e. The SMILES string of the molecule is O=C=N[C@H]1[CH]CCCC1. The molecule has 1 aliphatic rings. The number of aliphatic imine (C=N–C) groups is 1. The summed E-state index contributed by atoms with van der Waals surface area (Å²) in [5.74, 6) is 0. The molecule has 0 bridgehead atoms. The molecule has 1 rings (SSSR count). The van der Waals surface area contributed by atoms with Crippen LogP contribution in [0.15, 0.2) is 4.99 Å². The first-order chi connectivity index (χ1) is 4.43. The molecule has 0 aromatic heterocycles. The molecule has 1 atom stereocenters. The lowest BCUT2D eigenvalue weighted by Gasteiger charge is -2.14. The normalized spacial score (nSPS) is 20.9. The highest BCUT2D eigenvalue weighted by Gasteiger charge is 2.10. The van der Waals surface area contributed by atoms with E-state index < -0.39 is 0 Å². The Morgan fingerprint density at radius 2 is 2.44 bits per heavy atom. The highest BCUT2D eigenvalue weighted by Crippen LogP contribution is 2.18. The summed E-state index contributed by atoms with van der Waals surface area (Å²) < 4.78 is 0. The lowest BCUT2D eigenvalue weighted by molar-refractivity contribution is 0.518. The molecule has 1 aliphatic carbocycles. The maximum atomic E-state index is 9.76. The molecule has 0 N–H and O–H groups in total. The molecule has 0 saturated heterocycles. The van der Waals surface area contributed by atoms with E-state index in [4.69, 9.17) is 0 Å². The molecule has 0 amide bonds. The molecule has 0 aromatic rings. The molecule has 0 unspecified atom stereocenters. The Morgan fingerprint density at radius 1 is 1.56 bits per heavy atom. The van der Waals surface area contributed by atoms with Crippen molar-refractivity contribution in [1.82, 2.24) is 0 Å². The second kappa shape index (κ2) is 3.41. The molecular weight excluding hydrogens is 114 g/mol. The van der Waals surface area contributed by atoms with E-state index in [2.05, 4.69) is 11.4 Å². The van der Waals surface area contributed by atoms with Crippen molar-refractivity contribution in [2.75, 3.05) is 0 Å². The van der Waals surface area contributed by atoms with Crippen molar-refractivity contribution >= 4 is 6.08 Å². The summed E-state index contributed by atoms with van der Waals surface area (Å²) in [6.07, 6.45) is 8.27. The molecule has 0 aliphatic heterocycles. The van der Waals surface area contributed by atoms with E-state index in [0.717, 1.165) is 12.8 Å². The van der Waals surface area contributed by atoms with Crippen LogP contribution in [0.3, 0.4) is 0 Å². The quantitative estimate of drug-likeness (QED) is 0.384. The highest BCUT2D eigenvalue weighted by molar-refractivity contribution is 5.34. The third-order valence-corrected chi connectivity index (χ3v) is 1.61. The van der Waals surface area contributed by atoms with E-state index in [9.17, 15) is 4.79 Å². The van der Waals surface area contributed by atoms with Gasteiger partial charge in [0, 0.05) is 0 Å². The molecule has 0 spiro atoms. The molecule has 1 saturated carbocycles. The second-order valence-electron chi connectivity index (χ2n) is 2.31. The van der Waals surface area contributed by atoms with E-state index in [0.29, 0.717) is 0 Å². The van der Waals surface area contributed by atoms with Gasteiger partial charge in [-0.1, -0.05) is 12.8 Å². The van der Waals surface area contributed by atoms with Gasteiger partial charge in [0.2, 0.25) is 6.08 Å². The highest BCUT2D eigenvalue weighted by atomic mass is 16.1. The van der Waals surface area contributed by atoms with Gasteiger partial charge in [0.15, 0.2) is 0 Å². The van der Waals surface area contributed by atoms with Gasteiger partial charge in [-0.15, -0.1) is 0 Å². The summed E-state index contributed by atoms with van der Waals surface area (Å²) in [5.41, 5.74) is 0. The first kappa shape index (κ1) is 6.50. The maximum absolute atomic E-state index is 9.76. The van der Waals surface area contributed by atoms with Crippen LogP contribution in [0.2, 0.25) is 0 Å². The number of isocyanates is 1. The van der Waals surface area contributed by atoms with Crippen molar-refractivity contribution in [1.29, 1.82) is 0 Å². The predicted octanol–water partition coefficient (Wildman–Crippen LogP) is 1.47. The third-order valence-electron chi connectivity index (χ3n) is 1.61. The van der Waals surface area contributed by atoms with Crippen molar-refractivity contribution in [2.45, 2.75) is 31.7 Å². The summed E-state index contributed by atoms with van der Waals surface area (Å²) in [5, 5.41) is 0. The molecule has 0 heterocycles.